The van der Waals surface area contributed by atoms with Crippen molar-refractivity contribution in [2.24, 2.45) is 23.7 Å². The molecule has 1 saturated heterocycles. The summed E-state index contributed by atoms with van der Waals surface area (Å²) in [7, 11) is 0. The van der Waals surface area contributed by atoms with Crippen molar-refractivity contribution in [2.45, 2.75) is 13.3 Å². The van der Waals surface area contributed by atoms with Crippen LogP contribution in [-0.4, -0.2) is 36.2 Å². The summed E-state index contributed by atoms with van der Waals surface area (Å²) in [6, 6.07) is 12.1. The standard InChI is InChI=1S/C26H22ClN3O6/c1-13-9-16-11-19(13)22-21(16)24(33)30(25(22)34)18-4-2-3-15(10-18)26(35)36-12-20(31)28-29-23(32)14-5-7-17(27)8-6-14/h2-10,16,19,21-22H,11-12H2,1H3,(H,28,31)(H,29,32)/t16-,19+,21-,22-/m0/s1. The maximum absolute atomic E-state index is 13.1. The number of hydrogen-bond acceptors (Lipinski definition) is 6. The highest BCUT2D eigenvalue weighted by molar-refractivity contribution is 6.30. The van der Waals surface area contributed by atoms with Crippen LogP contribution in [-0.2, 0) is 19.1 Å². The van der Waals surface area contributed by atoms with E-state index in [-0.39, 0.29) is 46.6 Å². The number of imide groups is 1. The Morgan fingerprint density at radius 2 is 1.72 bits per heavy atom. The van der Waals surface area contributed by atoms with E-state index in [0.29, 0.717) is 10.7 Å². The third kappa shape index (κ3) is 4.15. The van der Waals surface area contributed by atoms with Crippen molar-refractivity contribution >= 4 is 46.9 Å². The van der Waals surface area contributed by atoms with E-state index in [1.807, 2.05) is 6.92 Å². The molecule has 184 valence electrons. The van der Waals surface area contributed by atoms with Gasteiger partial charge in [0.05, 0.1) is 23.1 Å². The molecule has 2 fully saturated rings. The van der Waals surface area contributed by atoms with E-state index in [2.05, 4.69) is 16.9 Å². The Bertz CT molecular complexity index is 1320. The highest BCUT2D eigenvalue weighted by atomic mass is 35.5. The monoisotopic (exact) mass is 507 g/mol. The average Bonchev–Trinajstić information content (AvgIpc) is 3.51. The number of allylic oxidation sites excluding steroid dienone is 2. The number of esters is 1. The summed E-state index contributed by atoms with van der Waals surface area (Å²) < 4.78 is 5.03. The number of anilines is 1. The molecule has 0 unspecified atom stereocenters. The molecule has 2 bridgehead atoms. The maximum Gasteiger partial charge on any atom is 0.338 e. The van der Waals surface area contributed by atoms with Crippen LogP contribution in [0.2, 0.25) is 5.02 Å². The predicted molar refractivity (Wildman–Crippen MR) is 129 cm³/mol. The van der Waals surface area contributed by atoms with E-state index in [1.54, 1.807) is 12.1 Å². The Hall–Kier alpha value is -3.98. The number of ether oxygens (including phenoxy) is 1. The van der Waals surface area contributed by atoms with Gasteiger partial charge in [0.2, 0.25) is 11.8 Å². The second-order valence-corrected chi connectivity index (χ2v) is 9.55. The van der Waals surface area contributed by atoms with Crippen LogP contribution in [0.15, 0.2) is 60.2 Å². The molecule has 3 aliphatic rings. The molecule has 10 heteroatoms. The minimum Gasteiger partial charge on any atom is -0.452 e. The van der Waals surface area contributed by atoms with Crippen LogP contribution in [0.25, 0.3) is 0 Å². The summed E-state index contributed by atoms with van der Waals surface area (Å²) >= 11 is 5.78. The number of hydrogen-bond donors (Lipinski definition) is 2. The van der Waals surface area contributed by atoms with Gasteiger partial charge in [-0.05, 0) is 67.6 Å². The molecular weight excluding hydrogens is 486 g/mol. The third-order valence-electron chi connectivity index (χ3n) is 6.98. The summed E-state index contributed by atoms with van der Waals surface area (Å²) in [5, 5.41) is 0.465. The first-order valence-corrected chi connectivity index (χ1v) is 11.8. The van der Waals surface area contributed by atoms with Crippen LogP contribution in [0.3, 0.4) is 0 Å². The second-order valence-electron chi connectivity index (χ2n) is 9.12. The molecule has 4 amide bonds. The number of nitrogens with one attached hydrogen (secondary N) is 2. The van der Waals surface area contributed by atoms with Gasteiger partial charge in [-0.2, -0.15) is 0 Å². The van der Waals surface area contributed by atoms with Gasteiger partial charge in [0, 0.05) is 10.6 Å². The van der Waals surface area contributed by atoms with Gasteiger partial charge < -0.3 is 4.74 Å². The lowest BCUT2D eigenvalue weighted by Gasteiger charge is -2.19. The van der Waals surface area contributed by atoms with E-state index in [4.69, 9.17) is 16.3 Å². The summed E-state index contributed by atoms with van der Waals surface area (Å²) in [5.41, 5.74) is 6.19. The number of carbonyl (C=O) groups excluding carboxylic acids is 5. The molecule has 0 radical (unpaired) electrons. The van der Waals surface area contributed by atoms with Crippen molar-refractivity contribution in [3.8, 4) is 0 Å². The van der Waals surface area contributed by atoms with Crippen LogP contribution < -0.4 is 15.8 Å². The minimum atomic E-state index is -0.812. The van der Waals surface area contributed by atoms with Crippen molar-refractivity contribution in [1.29, 1.82) is 0 Å². The average molecular weight is 508 g/mol. The number of benzene rings is 2. The summed E-state index contributed by atoms with van der Waals surface area (Å²) in [6.07, 6.45) is 2.93. The van der Waals surface area contributed by atoms with Crippen LogP contribution in [0.1, 0.15) is 34.1 Å². The normalized spacial score (nSPS) is 23.8. The summed E-state index contributed by atoms with van der Waals surface area (Å²) in [6.45, 7) is 1.35. The van der Waals surface area contributed by atoms with Crippen LogP contribution in [0.4, 0.5) is 5.69 Å². The minimum absolute atomic E-state index is 0.0771. The highest BCUT2D eigenvalue weighted by Gasteiger charge is 2.60. The molecule has 36 heavy (non-hydrogen) atoms. The lowest BCUT2D eigenvalue weighted by molar-refractivity contribution is -0.125. The number of amides is 4. The summed E-state index contributed by atoms with van der Waals surface area (Å²) in [4.78, 5) is 64.0. The number of rotatable bonds is 5. The Labute approximate surface area is 211 Å². The molecule has 9 nitrogen and oxygen atoms in total. The number of carbonyl (C=O) groups is 5. The van der Waals surface area contributed by atoms with Gasteiger partial charge in [0.25, 0.3) is 11.8 Å². The fraction of sp³-hybridized carbons (Fsp3) is 0.269. The van der Waals surface area contributed by atoms with Gasteiger partial charge in [-0.25, -0.2) is 9.69 Å². The molecule has 2 aromatic rings. The van der Waals surface area contributed by atoms with Crippen molar-refractivity contribution in [3.05, 3.63) is 76.3 Å². The van der Waals surface area contributed by atoms with Gasteiger partial charge in [-0.1, -0.05) is 29.3 Å². The smallest absolute Gasteiger partial charge is 0.338 e. The highest BCUT2D eigenvalue weighted by Crippen LogP contribution is 2.55. The SMILES string of the molecule is CC1=C[C@H]2C[C@H]1[C@@H]1C(=O)N(c3cccc(C(=O)OCC(=O)NNC(=O)c4ccc(Cl)cc4)c3)C(=O)[C@H]12. The largest absolute Gasteiger partial charge is 0.452 e. The predicted octanol–water partition coefficient (Wildman–Crippen LogP) is 2.66. The molecule has 1 heterocycles. The topological polar surface area (TPSA) is 122 Å². The third-order valence-corrected chi connectivity index (χ3v) is 7.23. The van der Waals surface area contributed by atoms with E-state index in [0.717, 1.165) is 16.9 Å². The van der Waals surface area contributed by atoms with E-state index < -0.39 is 24.4 Å². The van der Waals surface area contributed by atoms with Crippen LogP contribution in [0.5, 0.6) is 0 Å². The molecule has 2 aromatic carbocycles. The lowest BCUT2D eigenvalue weighted by atomic mass is 9.82. The van der Waals surface area contributed by atoms with Crippen LogP contribution >= 0.6 is 11.6 Å². The van der Waals surface area contributed by atoms with Crippen molar-refractivity contribution in [1.82, 2.24) is 10.9 Å². The van der Waals surface area contributed by atoms with Gasteiger partial charge in [0.1, 0.15) is 0 Å². The molecule has 2 aliphatic carbocycles. The van der Waals surface area contributed by atoms with E-state index in [9.17, 15) is 24.0 Å². The zero-order valence-corrected chi connectivity index (χ0v) is 20.0. The Morgan fingerprint density at radius 1 is 1.00 bits per heavy atom. The maximum atomic E-state index is 13.1. The first kappa shape index (κ1) is 23.7. The molecular formula is C26H22ClN3O6. The molecule has 0 aromatic heterocycles. The molecule has 0 spiro atoms. The van der Waals surface area contributed by atoms with Crippen molar-refractivity contribution < 1.29 is 28.7 Å². The number of nitrogens with zero attached hydrogens (tertiary/aromatic N) is 1. The fourth-order valence-corrected chi connectivity index (χ4v) is 5.48. The molecule has 1 saturated carbocycles. The molecule has 2 N–H and O–H groups in total. The molecule has 4 atom stereocenters. The van der Waals surface area contributed by atoms with Crippen molar-refractivity contribution in [2.75, 3.05) is 11.5 Å². The summed E-state index contributed by atoms with van der Waals surface area (Å²) in [5.74, 6) is -3.16. The van der Waals surface area contributed by atoms with Crippen molar-refractivity contribution in [3.63, 3.8) is 0 Å². The Balaban J connectivity index is 1.18. The van der Waals surface area contributed by atoms with E-state index >= 15 is 0 Å². The van der Waals surface area contributed by atoms with Gasteiger partial charge in [-0.3, -0.25) is 30.0 Å². The zero-order valence-electron chi connectivity index (χ0n) is 19.2. The zero-order chi connectivity index (χ0) is 25.6. The Morgan fingerprint density at radius 3 is 2.47 bits per heavy atom. The number of fused-ring (bicyclic) bond motifs is 5. The van der Waals surface area contributed by atoms with Gasteiger partial charge in [0.15, 0.2) is 6.61 Å². The second kappa shape index (κ2) is 9.23. The van der Waals surface area contributed by atoms with Gasteiger partial charge >= 0.3 is 5.97 Å². The fourth-order valence-electron chi connectivity index (χ4n) is 5.35. The Kier molecular flexibility index (Phi) is 6.09. The first-order valence-electron chi connectivity index (χ1n) is 11.4. The first-order chi connectivity index (χ1) is 17.2. The quantitative estimate of drug-likeness (QED) is 0.278. The number of hydrazine groups is 1. The van der Waals surface area contributed by atoms with Gasteiger partial charge in [-0.15, -0.1) is 0 Å². The molecule has 5 rings (SSSR count). The number of halogens is 1. The lowest BCUT2D eigenvalue weighted by Crippen LogP contribution is -2.43. The molecule has 1 aliphatic heterocycles. The van der Waals surface area contributed by atoms with E-state index in [1.165, 1.54) is 36.4 Å². The van der Waals surface area contributed by atoms with Crippen LogP contribution in [0, 0.1) is 23.7 Å².